The molecule has 2 aliphatic rings. The average Bonchev–Trinajstić information content (AvgIpc) is 2.81. The summed E-state index contributed by atoms with van der Waals surface area (Å²) in [5, 5.41) is 9.43. The Kier molecular flexibility index (Phi) is 3.75. The Morgan fingerprint density at radius 2 is 2.21 bits per heavy atom. The number of ether oxygens (including phenoxy) is 2. The van der Waals surface area contributed by atoms with Crippen molar-refractivity contribution in [3.05, 3.63) is 23.3 Å². The van der Waals surface area contributed by atoms with Crippen LogP contribution in [0.2, 0.25) is 0 Å². The summed E-state index contributed by atoms with van der Waals surface area (Å²) >= 11 is 0. The second-order valence-electron chi connectivity index (χ2n) is 5.18. The van der Waals surface area contributed by atoms with Gasteiger partial charge in [-0.1, -0.05) is 12.2 Å². The molecule has 0 radical (unpaired) electrons. The molecule has 2 unspecified atom stereocenters. The third-order valence-corrected chi connectivity index (χ3v) is 3.51. The summed E-state index contributed by atoms with van der Waals surface area (Å²) in [5.74, 6) is -0.870. The summed E-state index contributed by atoms with van der Waals surface area (Å²) in [5.41, 5.74) is 0.855. The van der Waals surface area contributed by atoms with Gasteiger partial charge in [0.25, 0.3) is 0 Å². The van der Waals surface area contributed by atoms with E-state index in [2.05, 4.69) is 0 Å². The van der Waals surface area contributed by atoms with Crippen molar-refractivity contribution in [1.29, 1.82) is 0 Å². The van der Waals surface area contributed by atoms with Crippen molar-refractivity contribution >= 4 is 11.9 Å². The van der Waals surface area contributed by atoms with E-state index in [1.807, 2.05) is 6.92 Å². The third kappa shape index (κ3) is 2.87. The quantitative estimate of drug-likeness (QED) is 0.776. The largest absolute Gasteiger partial charge is 0.458 e. The van der Waals surface area contributed by atoms with Crippen LogP contribution in [0.25, 0.3) is 0 Å². The first kappa shape index (κ1) is 13.8. The molecule has 0 aromatic carbocycles. The molecule has 2 aliphatic heterocycles. The topological polar surface area (TPSA) is 72.8 Å². The smallest absolute Gasteiger partial charge is 0.338 e. The minimum absolute atomic E-state index is 0.297. The highest BCUT2D eigenvalue weighted by Crippen LogP contribution is 2.33. The average molecular weight is 266 g/mol. The predicted molar refractivity (Wildman–Crippen MR) is 67.2 cm³/mol. The Balaban J connectivity index is 2.03. The normalized spacial score (nSPS) is 31.2. The molecule has 1 N–H and O–H groups in total. The van der Waals surface area contributed by atoms with Crippen molar-refractivity contribution < 1.29 is 24.2 Å². The summed E-state index contributed by atoms with van der Waals surface area (Å²) < 4.78 is 10.2. The van der Waals surface area contributed by atoms with Gasteiger partial charge in [-0.25, -0.2) is 9.59 Å². The second-order valence-corrected chi connectivity index (χ2v) is 5.18. The lowest BCUT2D eigenvalue weighted by atomic mass is 9.92. The molecule has 0 aliphatic carbocycles. The Morgan fingerprint density at radius 3 is 2.79 bits per heavy atom. The Labute approximate surface area is 111 Å². The summed E-state index contributed by atoms with van der Waals surface area (Å²) in [7, 11) is 0. The third-order valence-electron chi connectivity index (χ3n) is 3.51. The molecule has 0 bridgehead atoms. The minimum atomic E-state index is -1.03. The van der Waals surface area contributed by atoms with Gasteiger partial charge in [-0.3, -0.25) is 0 Å². The highest BCUT2D eigenvalue weighted by Gasteiger charge is 2.42. The SMILES string of the molecule is CC=CC1=C(CCC2(C)CC(O)C(=O)O2)COC1=O. The number of aliphatic hydroxyl groups excluding tert-OH is 1. The Bertz CT molecular complexity index is 462. The van der Waals surface area contributed by atoms with Gasteiger partial charge in [-0.15, -0.1) is 0 Å². The predicted octanol–water partition coefficient (Wildman–Crippen LogP) is 1.26. The Morgan fingerprint density at radius 1 is 1.47 bits per heavy atom. The monoisotopic (exact) mass is 266 g/mol. The first-order valence-corrected chi connectivity index (χ1v) is 6.38. The molecule has 104 valence electrons. The van der Waals surface area contributed by atoms with Gasteiger partial charge in [0.2, 0.25) is 0 Å². The van der Waals surface area contributed by atoms with Crippen LogP contribution >= 0.6 is 0 Å². The van der Waals surface area contributed by atoms with Crippen LogP contribution < -0.4 is 0 Å². The molecule has 19 heavy (non-hydrogen) atoms. The zero-order valence-corrected chi connectivity index (χ0v) is 11.1. The molecule has 5 heteroatoms. The highest BCUT2D eigenvalue weighted by molar-refractivity contribution is 5.94. The molecule has 5 nitrogen and oxygen atoms in total. The van der Waals surface area contributed by atoms with Crippen molar-refractivity contribution in [3.63, 3.8) is 0 Å². The maximum atomic E-state index is 11.5. The van der Waals surface area contributed by atoms with Crippen LogP contribution in [0.3, 0.4) is 0 Å². The van der Waals surface area contributed by atoms with Crippen molar-refractivity contribution in [2.24, 2.45) is 0 Å². The van der Waals surface area contributed by atoms with Crippen LogP contribution in [-0.4, -0.2) is 35.4 Å². The molecular weight excluding hydrogens is 248 g/mol. The fourth-order valence-corrected chi connectivity index (χ4v) is 2.43. The van der Waals surface area contributed by atoms with Crippen molar-refractivity contribution in [2.75, 3.05) is 6.61 Å². The van der Waals surface area contributed by atoms with Crippen LogP contribution in [0, 0.1) is 0 Å². The lowest BCUT2D eigenvalue weighted by molar-refractivity contribution is -0.152. The summed E-state index contributed by atoms with van der Waals surface area (Å²) in [6, 6.07) is 0. The minimum Gasteiger partial charge on any atom is -0.458 e. The van der Waals surface area contributed by atoms with E-state index in [0.717, 1.165) is 5.57 Å². The van der Waals surface area contributed by atoms with E-state index in [9.17, 15) is 14.7 Å². The first-order valence-electron chi connectivity index (χ1n) is 6.38. The van der Waals surface area contributed by atoms with E-state index in [0.29, 0.717) is 31.4 Å². The van der Waals surface area contributed by atoms with Crippen LogP contribution in [0.5, 0.6) is 0 Å². The number of carbonyl (C=O) groups is 2. The first-order chi connectivity index (χ1) is 8.95. The number of aliphatic hydroxyl groups is 1. The molecule has 2 heterocycles. The van der Waals surface area contributed by atoms with Gasteiger partial charge in [-0.2, -0.15) is 0 Å². The molecule has 1 fully saturated rings. The van der Waals surface area contributed by atoms with Crippen molar-refractivity contribution in [3.8, 4) is 0 Å². The van der Waals surface area contributed by atoms with Crippen LogP contribution in [0.1, 0.15) is 33.1 Å². The fourth-order valence-electron chi connectivity index (χ4n) is 2.43. The van der Waals surface area contributed by atoms with E-state index < -0.39 is 17.7 Å². The van der Waals surface area contributed by atoms with Crippen LogP contribution in [0.4, 0.5) is 0 Å². The summed E-state index contributed by atoms with van der Waals surface area (Å²) in [6.45, 7) is 3.94. The van der Waals surface area contributed by atoms with Crippen LogP contribution in [0.15, 0.2) is 23.3 Å². The number of esters is 2. The van der Waals surface area contributed by atoms with Gasteiger partial charge in [0.15, 0.2) is 6.10 Å². The standard InChI is InChI=1S/C14H18O5/c1-3-4-10-9(8-18-12(10)16)5-6-14(2)7-11(15)13(17)19-14/h3-4,11,15H,5-8H2,1-2H3. The van der Waals surface area contributed by atoms with Gasteiger partial charge < -0.3 is 14.6 Å². The molecule has 2 rings (SSSR count). The molecule has 0 aromatic heterocycles. The fraction of sp³-hybridized carbons (Fsp3) is 0.571. The maximum absolute atomic E-state index is 11.5. The Hall–Kier alpha value is -1.62. The second kappa shape index (κ2) is 5.17. The van der Waals surface area contributed by atoms with E-state index in [1.54, 1.807) is 19.1 Å². The van der Waals surface area contributed by atoms with E-state index in [4.69, 9.17) is 9.47 Å². The molecular formula is C14H18O5. The number of allylic oxidation sites excluding steroid dienone is 1. The summed E-state index contributed by atoms with van der Waals surface area (Å²) in [4.78, 5) is 22.7. The van der Waals surface area contributed by atoms with Crippen molar-refractivity contribution in [2.45, 2.75) is 44.8 Å². The van der Waals surface area contributed by atoms with Gasteiger partial charge in [0.05, 0.1) is 5.57 Å². The van der Waals surface area contributed by atoms with E-state index in [-0.39, 0.29) is 5.97 Å². The maximum Gasteiger partial charge on any atom is 0.338 e. The number of carbonyl (C=O) groups excluding carboxylic acids is 2. The van der Waals surface area contributed by atoms with E-state index in [1.165, 1.54) is 0 Å². The van der Waals surface area contributed by atoms with Gasteiger partial charge in [0.1, 0.15) is 12.2 Å². The van der Waals surface area contributed by atoms with Crippen LogP contribution in [-0.2, 0) is 19.1 Å². The molecule has 0 saturated carbocycles. The van der Waals surface area contributed by atoms with Gasteiger partial charge in [-0.05, 0) is 32.3 Å². The van der Waals surface area contributed by atoms with E-state index >= 15 is 0 Å². The number of hydrogen-bond acceptors (Lipinski definition) is 5. The highest BCUT2D eigenvalue weighted by atomic mass is 16.6. The lowest BCUT2D eigenvalue weighted by Gasteiger charge is -2.22. The lowest BCUT2D eigenvalue weighted by Crippen LogP contribution is -2.24. The van der Waals surface area contributed by atoms with Gasteiger partial charge >= 0.3 is 11.9 Å². The van der Waals surface area contributed by atoms with Gasteiger partial charge in [0, 0.05) is 6.42 Å². The molecule has 0 spiro atoms. The number of cyclic esters (lactones) is 2. The summed E-state index contributed by atoms with van der Waals surface area (Å²) in [6.07, 6.45) is 3.98. The number of rotatable bonds is 4. The zero-order valence-electron chi connectivity index (χ0n) is 11.1. The molecule has 2 atom stereocenters. The molecule has 1 saturated heterocycles. The van der Waals surface area contributed by atoms with Crippen molar-refractivity contribution in [1.82, 2.24) is 0 Å². The zero-order chi connectivity index (χ0) is 14.0. The molecule has 0 aromatic rings. The number of hydrogen-bond donors (Lipinski definition) is 1. The molecule has 0 amide bonds.